The molecule has 1 aliphatic rings. The van der Waals surface area contributed by atoms with Crippen LogP contribution in [0.4, 0.5) is 0 Å². The van der Waals surface area contributed by atoms with Crippen molar-refractivity contribution < 1.29 is 9.88 Å². The van der Waals surface area contributed by atoms with Crippen molar-refractivity contribution in [2.24, 2.45) is 0 Å². The Labute approximate surface area is 29.8 Å². The zero-order valence-corrected chi connectivity index (χ0v) is 2.60. The molecule has 0 amide bonds. The van der Waals surface area contributed by atoms with Crippen molar-refractivity contribution in [1.82, 2.24) is 5.48 Å². The maximum Gasteiger partial charge on any atom is 0.104 e. The van der Waals surface area contributed by atoms with Crippen LogP contribution >= 0.6 is 0 Å². The van der Waals surface area contributed by atoms with Gasteiger partial charge in [-0.25, -0.2) is 4.89 Å². The molecule has 1 radical (unpaired) electrons. The largest absolute Gasteiger partial charge is 0.216 e. The third kappa shape index (κ3) is 0.576. The van der Waals surface area contributed by atoms with Gasteiger partial charge in [0.15, 0.2) is 0 Å². The molecular formula is C2H4NO2. The van der Waals surface area contributed by atoms with Crippen LogP contribution in [-0.4, -0.2) is 6.61 Å². The molecule has 0 spiro atoms. The normalized spacial score (nSPS) is 24.0. The van der Waals surface area contributed by atoms with Crippen LogP contribution in [0.15, 0.2) is 0 Å². The van der Waals surface area contributed by atoms with Gasteiger partial charge in [0.2, 0.25) is 0 Å². The Hall–Kier alpha value is -0.120. The second kappa shape index (κ2) is 1.35. The predicted molar refractivity (Wildman–Crippen MR) is 14.5 cm³/mol. The lowest BCUT2D eigenvalue weighted by molar-refractivity contribution is -0.285. The van der Waals surface area contributed by atoms with Crippen LogP contribution in [0.1, 0.15) is 0 Å². The van der Waals surface area contributed by atoms with Gasteiger partial charge in [0.05, 0.1) is 6.54 Å². The van der Waals surface area contributed by atoms with Gasteiger partial charge in [0.25, 0.3) is 0 Å². The van der Waals surface area contributed by atoms with Gasteiger partial charge in [-0.05, 0) is 0 Å². The molecule has 0 aliphatic carbocycles. The number of rotatable bonds is 0. The monoisotopic (exact) mass is 74.0 g/mol. The predicted octanol–water partition coefficient (Wildman–Crippen LogP) is -0.385. The Morgan fingerprint density at radius 3 is 3.00 bits per heavy atom. The summed E-state index contributed by atoms with van der Waals surface area (Å²) in [4.78, 5) is 8.42. The van der Waals surface area contributed by atoms with E-state index in [9.17, 15) is 0 Å². The molecule has 1 fully saturated rings. The summed E-state index contributed by atoms with van der Waals surface area (Å²) in [7, 11) is 0. The fourth-order valence-electron chi connectivity index (χ4n) is 0.170. The Balaban J connectivity index is 2.08. The maximum atomic E-state index is 4.28. The molecule has 0 aromatic carbocycles. The van der Waals surface area contributed by atoms with Crippen LogP contribution in [0.2, 0.25) is 0 Å². The van der Waals surface area contributed by atoms with Crippen molar-refractivity contribution in [3.63, 3.8) is 0 Å². The van der Waals surface area contributed by atoms with Crippen molar-refractivity contribution in [2.45, 2.75) is 0 Å². The zero-order valence-electron chi connectivity index (χ0n) is 2.60. The van der Waals surface area contributed by atoms with Crippen LogP contribution < -0.4 is 5.48 Å². The van der Waals surface area contributed by atoms with E-state index in [1.54, 1.807) is 6.54 Å². The van der Waals surface area contributed by atoms with Gasteiger partial charge < -0.3 is 0 Å². The van der Waals surface area contributed by atoms with Crippen molar-refractivity contribution in [3.8, 4) is 0 Å². The van der Waals surface area contributed by atoms with Gasteiger partial charge in [-0.1, -0.05) is 0 Å². The molecule has 0 aromatic heterocycles. The van der Waals surface area contributed by atoms with E-state index in [0.29, 0.717) is 6.61 Å². The van der Waals surface area contributed by atoms with Crippen LogP contribution in [0.3, 0.4) is 0 Å². The molecule has 5 heavy (non-hydrogen) atoms. The lowest BCUT2D eigenvalue weighted by Gasteiger charge is -1.77. The van der Waals surface area contributed by atoms with Crippen LogP contribution in [-0.2, 0) is 9.88 Å². The molecule has 0 saturated carbocycles. The number of nitrogens with one attached hydrogen (secondary N) is 1. The molecule has 0 unspecified atom stereocenters. The van der Waals surface area contributed by atoms with Crippen molar-refractivity contribution >= 4 is 0 Å². The molecule has 0 bridgehead atoms. The van der Waals surface area contributed by atoms with E-state index in [-0.39, 0.29) is 0 Å². The van der Waals surface area contributed by atoms with Crippen LogP contribution in [0.5, 0.6) is 0 Å². The Kier molecular flexibility index (Phi) is 0.834. The molecular weight excluding hydrogens is 70.0 g/mol. The summed E-state index contributed by atoms with van der Waals surface area (Å²) in [5, 5.41) is 0. The molecule has 0 aromatic rings. The Bertz CT molecular complexity index is 19.2. The number of hydrogen-bond donors (Lipinski definition) is 1. The third-order valence-corrected chi connectivity index (χ3v) is 0.342. The minimum atomic E-state index is 0.542. The number of hydroxylamine groups is 1. The topological polar surface area (TPSA) is 30.5 Å². The lowest BCUT2D eigenvalue weighted by atomic mass is 10.8. The van der Waals surface area contributed by atoms with Crippen molar-refractivity contribution in [3.05, 3.63) is 6.54 Å². The van der Waals surface area contributed by atoms with Crippen molar-refractivity contribution in [1.29, 1.82) is 0 Å². The Morgan fingerprint density at radius 2 is 2.80 bits per heavy atom. The fraction of sp³-hybridized carbons (Fsp3) is 0.500. The third-order valence-electron chi connectivity index (χ3n) is 0.342. The molecule has 1 N–H and O–H groups in total. The summed E-state index contributed by atoms with van der Waals surface area (Å²) in [6.07, 6.45) is 0. The molecule has 3 heteroatoms. The highest BCUT2D eigenvalue weighted by molar-refractivity contribution is 4.51. The fourth-order valence-corrected chi connectivity index (χ4v) is 0.170. The smallest absolute Gasteiger partial charge is 0.104 e. The standard InChI is InChI=1S/C2H4NO2/c1-2-4-5-3-1/h1,3H,2H2. The average molecular weight is 74.1 g/mol. The summed E-state index contributed by atoms with van der Waals surface area (Å²) in [6.45, 7) is 2.21. The molecule has 3 nitrogen and oxygen atoms in total. The first-order valence-electron chi connectivity index (χ1n) is 1.36. The van der Waals surface area contributed by atoms with E-state index in [0.717, 1.165) is 0 Å². The van der Waals surface area contributed by atoms with E-state index in [2.05, 4.69) is 15.4 Å². The highest BCUT2D eigenvalue weighted by Crippen LogP contribution is 1.83. The molecule has 1 aliphatic heterocycles. The SMILES string of the molecule is [CH]1COON1. The molecule has 1 rings (SSSR count). The van der Waals surface area contributed by atoms with Gasteiger partial charge in [0, 0.05) is 0 Å². The molecule has 1 heterocycles. The lowest BCUT2D eigenvalue weighted by Crippen LogP contribution is -1.96. The first kappa shape index (κ1) is 3.08. The summed E-state index contributed by atoms with van der Waals surface area (Å²) >= 11 is 0. The van der Waals surface area contributed by atoms with Gasteiger partial charge in [-0.15, -0.1) is 4.99 Å². The summed E-state index contributed by atoms with van der Waals surface area (Å²) in [5.41, 5.74) is 2.38. The quantitative estimate of drug-likeness (QED) is 0.397. The van der Waals surface area contributed by atoms with E-state index in [4.69, 9.17) is 0 Å². The second-order valence-electron chi connectivity index (χ2n) is 0.690. The van der Waals surface area contributed by atoms with Gasteiger partial charge in [-0.2, -0.15) is 5.48 Å². The highest BCUT2D eigenvalue weighted by atomic mass is 17.3. The average Bonchev–Trinajstić information content (AvgIpc) is 1.76. The summed E-state index contributed by atoms with van der Waals surface area (Å²) < 4.78 is 0. The van der Waals surface area contributed by atoms with Gasteiger partial charge in [-0.3, -0.25) is 0 Å². The van der Waals surface area contributed by atoms with Gasteiger partial charge in [0.1, 0.15) is 6.61 Å². The maximum absolute atomic E-state index is 4.28. The minimum Gasteiger partial charge on any atom is -0.216 e. The summed E-state index contributed by atoms with van der Waals surface area (Å²) in [6, 6.07) is 0. The zero-order chi connectivity index (χ0) is 3.54. The minimum absolute atomic E-state index is 0.542. The molecule has 29 valence electrons. The Morgan fingerprint density at radius 1 is 1.80 bits per heavy atom. The van der Waals surface area contributed by atoms with E-state index >= 15 is 0 Å². The number of hydrogen-bond acceptors (Lipinski definition) is 3. The van der Waals surface area contributed by atoms with E-state index in [1.165, 1.54) is 0 Å². The van der Waals surface area contributed by atoms with Crippen molar-refractivity contribution in [2.75, 3.05) is 6.61 Å². The molecule has 1 saturated heterocycles. The van der Waals surface area contributed by atoms with Crippen LogP contribution in [0.25, 0.3) is 0 Å². The second-order valence-corrected chi connectivity index (χ2v) is 0.690. The highest BCUT2D eigenvalue weighted by Gasteiger charge is 1.95. The van der Waals surface area contributed by atoms with E-state index < -0.39 is 0 Å². The first-order chi connectivity index (χ1) is 2.50. The molecule has 0 atom stereocenters. The first-order valence-corrected chi connectivity index (χ1v) is 1.36. The van der Waals surface area contributed by atoms with E-state index in [1.807, 2.05) is 0 Å². The summed E-state index contributed by atoms with van der Waals surface area (Å²) in [5.74, 6) is 0. The van der Waals surface area contributed by atoms with Crippen LogP contribution in [0, 0.1) is 6.54 Å². The van der Waals surface area contributed by atoms with Gasteiger partial charge >= 0.3 is 0 Å².